The smallest absolute Gasteiger partial charge is 0.328 e. The first-order valence-corrected chi connectivity index (χ1v) is 9.55. The molecule has 2 rings (SSSR count). The maximum Gasteiger partial charge on any atom is 0.328 e. The van der Waals surface area contributed by atoms with Gasteiger partial charge in [0.1, 0.15) is 18.4 Å². The lowest BCUT2D eigenvalue weighted by Gasteiger charge is -2.20. The zero-order valence-corrected chi connectivity index (χ0v) is 17.3. The summed E-state index contributed by atoms with van der Waals surface area (Å²) in [7, 11) is 1.54. The number of amides is 1. The van der Waals surface area contributed by atoms with Crippen molar-refractivity contribution in [2.75, 3.05) is 7.11 Å². The minimum absolute atomic E-state index is 0.174. The van der Waals surface area contributed by atoms with E-state index in [0.29, 0.717) is 22.2 Å². The van der Waals surface area contributed by atoms with Gasteiger partial charge in [0, 0.05) is 4.47 Å². The van der Waals surface area contributed by atoms with E-state index in [-0.39, 0.29) is 18.4 Å². The van der Waals surface area contributed by atoms with Crippen LogP contribution in [0.1, 0.15) is 36.2 Å². The molecule has 2 aromatic carbocycles. The summed E-state index contributed by atoms with van der Waals surface area (Å²) in [5.74, 6) is -0.0215. The van der Waals surface area contributed by atoms with Gasteiger partial charge in [-0.25, -0.2) is 4.79 Å². The van der Waals surface area contributed by atoms with E-state index in [1.165, 1.54) is 7.11 Å². The van der Waals surface area contributed by atoms with Gasteiger partial charge in [-0.15, -0.1) is 0 Å². The monoisotopic (exact) mass is 433 g/mol. The molecule has 27 heavy (non-hydrogen) atoms. The molecule has 144 valence electrons. The molecule has 0 saturated carbocycles. The van der Waals surface area contributed by atoms with Gasteiger partial charge < -0.3 is 14.8 Å². The Kier molecular flexibility index (Phi) is 7.85. The molecule has 0 spiro atoms. The van der Waals surface area contributed by atoms with Crippen LogP contribution in [0.5, 0.6) is 5.75 Å². The maximum absolute atomic E-state index is 12.7. The Morgan fingerprint density at radius 2 is 1.81 bits per heavy atom. The second kappa shape index (κ2) is 10.1. The van der Waals surface area contributed by atoms with Crippen LogP contribution in [0.2, 0.25) is 0 Å². The molecule has 6 heteroatoms. The summed E-state index contributed by atoms with van der Waals surface area (Å²) in [6, 6.07) is 13.8. The number of hydrogen-bond donors (Lipinski definition) is 1. The Morgan fingerprint density at radius 1 is 1.11 bits per heavy atom. The Hall–Kier alpha value is -2.34. The predicted octanol–water partition coefficient (Wildman–Crippen LogP) is 4.35. The molecule has 0 aliphatic carbocycles. The molecule has 0 saturated heterocycles. The molecule has 0 aliphatic heterocycles. The zero-order chi connectivity index (χ0) is 19.8. The van der Waals surface area contributed by atoms with Crippen molar-refractivity contribution in [2.24, 2.45) is 5.92 Å². The standard InChI is InChI=1S/C21H24BrNO4/c1-14(2)11-19(21(25)27-13-15-7-5-4-6-8-15)23-20(24)17-12-16(26-3)9-10-18(17)22/h4-10,12,14,19H,11,13H2,1-3H3,(H,23,24)/t19-/m0/s1. The van der Waals surface area contributed by atoms with E-state index in [1.807, 2.05) is 44.2 Å². The van der Waals surface area contributed by atoms with Gasteiger partial charge in [-0.3, -0.25) is 4.79 Å². The summed E-state index contributed by atoms with van der Waals surface area (Å²) in [6.07, 6.45) is 0.487. The third-order valence-electron chi connectivity index (χ3n) is 3.94. The lowest BCUT2D eigenvalue weighted by atomic mass is 10.0. The number of rotatable bonds is 8. The van der Waals surface area contributed by atoms with Crippen molar-refractivity contribution < 1.29 is 19.1 Å². The first-order chi connectivity index (χ1) is 12.9. The number of nitrogens with one attached hydrogen (secondary N) is 1. The van der Waals surface area contributed by atoms with Crippen LogP contribution in [0.4, 0.5) is 0 Å². The van der Waals surface area contributed by atoms with Gasteiger partial charge >= 0.3 is 5.97 Å². The highest BCUT2D eigenvalue weighted by Crippen LogP contribution is 2.23. The second-order valence-corrected chi connectivity index (χ2v) is 7.45. The SMILES string of the molecule is COc1ccc(Br)c(C(=O)N[C@@H](CC(C)C)C(=O)OCc2ccccc2)c1. The van der Waals surface area contributed by atoms with Crippen LogP contribution >= 0.6 is 15.9 Å². The topological polar surface area (TPSA) is 64.6 Å². The van der Waals surface area contributed by atoms with Crippen molar-refractivity contribution in [1.29, 1.82) is 0 Å². The lowest BCUT2D eigenvalue weighted by Crippen LogP contribution is -2.42. The van der Waals surface area contributed by atoms with Gasteiger partial charge in [-0.05, 0) is 52.0 Å². The molecule has 0 radical (unpaired) electrons. The molecule has 0 aromatic heterocycles. The molecule has 0 aliphatic rings. The fourth-order valence-electron chi connectivity index (χ4n) is 2.56. The van der Waals surface area contributed by atoms with Gasteiger partial charge in [0.25, 0.3) is 5.91 Å². The Morgan fingerprint density at radius 3 is 2.44 bits per heavy atom. The van der Waals surface area contributed by atoms with Crippen LogP contribution in [0.25, 0.3) is 0 Å². The largest absolute Gasteiger partial charge is 0.497 e. The van der Waals surface area contributed by atoms with Crippen molar-refractivity contribution >= 4 is 27.8 Å². The van der Waals surface area contributed by atoms with Crippen LogP contribution in [0.15, 0.2) is 53.0 Å². The van der Waals surface area contributed by atoms with E-state index >= 15 is 0 Å². The van der Waals surface area contributed by atoms with Crippen LogP contribution in [0, 0.1) is 5.92 Å². The predicted molar refractivity (Wildman–Crippen MR) is 108 cm³/mol. The molecule has 0 bridgehead atoms. The van der Waals surface area contributed by atoms with E-state index in [0.717, 1.165) is 5.56 Å². The molecule has 1 N–H and O–H groups in total. The first-order valence-electron chi connectivity index (χ1n) is 8.75. The van der Waals surface area contributed by atoms with Gasteiger partial charge in [0.05, 0.1) is 12.7 Å². The minimum Gasteiger partial charge on any atom is -0.497 e. The van der Waals surface area contributed by atoms with E-state index in [1.54, 1.807) is 18.2 Å². The minimum atomic E-state index is -0.723. The van der Waals surface area contributed by atoms with Crippen molar-refractivity contribution in [3.8, 4) is 5.75 Å². The summed E-state index contributed by atoms with van der Waals surface area (Å²) in [5, 5.41) is 2.79. The summed E-state index contributed by atoms with van der Waals surface area (Å²) < 4.78 is 11.2. The Balaban J connectivity index is 2.09. The van der Waals surface area contributed by atoms with Crippen LogP contribution in [-0.2, 0) is 16.1 Å². The highest BCUT2D eigenvalue weighted by molar-refractivity contribution is 9.10. The Labute approximate surface area is 168 Å². The van der Waals surface area contributed by atoms with E-state index in [4.69, 9.17) is 9.47 Å². The molecule has 2 aromatic rings. The van der Waals surface area contributed by atoms with Crippen LogP contribution in [0.3, 0.4) is 0 Å². The molecule has 0 fully saturated rings. The molecular formula is C21H24BrNO4. The summed E-state index contributed by atoms with van der Waals surface area (Å²) in [6.45, 7) is 4.16. The highest BCUT2D eigenvalue weighted by Gasteiger charge is 2.25. The summed E-state index contributed by atoms with van der Waals surface area (Å²) >= 11 is 3.37. The third kappa shape index (κ3) is 6.40. The van der Waals surface area contributed by atoms with E-state index < -0.39 is 12.0 Å². The van der Waals surface area contributed by atoms with E-state index in [9.17, 15) is 9.59 Å². The number of carbonyl (C=O) groups is 2. The molecule has 1 amide bonds. The first kappa shape index (κ1) is 21.0. The van der Waals surface area contributed by atoms with Crippen LogP contribution in [-0.4, -0.2) is 25.0 Å². The average molecular weight is 434 g/mol. The van der Waals surface area contributed by atoms with Gasteiger partial charge in [-0.1, -0.05) is 44.2 Å². The number of ether oxygens (including phenoxy) is 2. The van der Waals surface area contributed by atoms with Crippen molar-refractivity contribution in [1.82, 2.24) is 5.32 Å². The normalized spacial score (nSPS) is 11.7. The van der Waals surface area contributed by atoms with Crippen LogP contribution < -0.4 is 10.1 Å². The fraction of sp³-hybridized carbons (Fsp3) is 0.333. The third-order valence-corrected chi connectivity index (χ3v) is 4.63. The number of esters is 1. The highest BCUT2D eigenvalue weighted by atomic mass is 79.9. The molecule has 0 unspecified atom stereocenters. The zero-order valence-electron chi connectivity index (χ0n) is 15.7. The second-order valence-electron chi connectivity index (χ2n) is 6.59. The number of carbonyl (C=O) groups excluding carboxylic acids is 2. The van der Waals surface area contributed by atoms with Gasteiger partial charge in [0.2, 0.25) is 0 Å². The van der Waals surface area contributed by atoms with E-state index in [2.05, 4.69) is 21.2 Å². The summed E-state index contributed by atoms with van der Waals surface area (Å²) in [5.41, 5.74) is 1.30. The number of hydrogen-bond acceptors (Lipinski definition) is 4. The molecular weight excluding hydrogens is 410 g/mol. The fourth-order valence-corrected chi connectivity index (χ4v) is 2.98. The van der Waals surface area contributed by atoms with Crippen molar-refractivity contribution in [2.45, 2.75) is 32.9 Å². The number of benzene rings is 2. The van der Waals surface area contributed by atoms with Gasteiger partial charge in [-0.2, -0.15) is 0 Å². The van der Waals surface area contributed by atoms with Crippen molar-refractivity contribution in [3.63, 3.8) is 0 Å². The molecule has 1 atom stereocenters. The maximum atomic E-state index is 12.7. The van der Waals surface area contributed by atoms with Gasteiger partial charge in [0.15, 0.2) is 0 Å². The summed E-state index contributed by atoms with van der Waals surface area (Å²) in [4.78, 5) is 25.3. The number of halogens is 1. The molecule has 5 nitrogen and oxygen atoms in total. The average Bonchev–Trinajstić information content (AvgIpc) is 2.66. The number of methoxy groups -OCH3 is 1. The van der Waals surface area contributed by atoms with Crippen molar-refractivity contribution in [3.05, 3.63) is 64.1 Å². The Bertz CT molecular complexity index is 777. The quantitative estimate of drug-likeness (QED) is 0.628. The lowest BCUT2D eigenvalue weighted by molar-refractivity contribution is -0.147. The molecule has 0 heterocycles.